The summed E-state index contributed by atoms with van der Waals surface area (Å²) in [5, 5.41) is 11.7. The molecule has 0 aliphatic carbocycles. The van der Waals surface area contributed by atoms with Gasteiger partial charge in [0.1, 0.15) is 11.3 Å². The first-order chi connectivity index (χ1) is 15.5. The SMILES string of the molecule is COCCCN(Cc1c(O)ccc2c(C)c(C)c(=O)oc12)CC1CCCN2CCCCC12. The van der Waals surface area contributed by atoms with E-state index in [9.17, 15) is 9.90 Å². The number of phenols is 1. The molecule has 2 aliphatic heterocycles. The number of benzene rings is 1. The van der Waals surface area contributed by atoms with E-state index < -0.39 is 0 Å². The van der Waals surface area contributed by atoms with Crippen LogP contribution in [0.2, 0.25) is 0 Å². The molecule has 2 atom stereocenters. The first-order valence-electron chi connectivity index (χ1n) is 12.2. The van der Waals surface area contributed by atoms with E-state index in [2.05, 4.69) is 9.80 Å². The Kier molecular flexibility index (Phi) is 7.54. The molecule has 0 bridgehead atoms. The highest BCUT2D eigenvalue weighted by atomic mass is 16.5. The quantitative estimate of drug-likeness (QED) is 0.488. The Morgan fingerprint density at radius 3 is 2.78 bits per heavy atom. The summed E-state index contributed by atoms with van der Waals surface area (Å²) in [4.78, 5) is 17.5. The van der Waals surface area contributed by atoms with Crippen LogP contribution in [0.5, 0.6) is 5.75 Å². The molecule has 0 saturated carbocycles. The third kappa shape index (κ3) is 4.87. The third-order valence-electron chi connectivity index (χ3n) is 7.63. The fourth-order valence-corrected chi connectivity index (χ4v) is 5.72. The average Bonchev–Trinajstić information content (AvgIpc) is 2.80. The minimum atomic E-state index is -0.321. The van der Waals surface area contributed by atoms with Gasteiger partial charge in [0.05, 0.1) is 5.56 Å². The summed E-state index contributed by atoms with van der Waals surface area (Å²) in [6, 6.07) is 4.27. The fraction of sp³-hybridized carbons (Fsp3) is 0.654. The van der Waals surface area contributed by atoms with Gasteiger partial charge in [0.2, 0.25) is 0 Å². The van der Waals surface area contributed by atoms with E-state index in [1.165, 1.54) is 45.2 Å². The monoisotopic (exact) mass is 442 g/mol. The zero-order valence-electron chi connectivity index (χ0n) is 19.9. The molecule has 2 fully saturated rings. The number of piperidine rings is 2. The maximum absolute atomic E-state index is 12.4. The Morgan fingerprint density at radius 2 is 1.97 bits per heavy atom. The molecule has 32 heavy (non-hydrogen) atoms. The van der Waals surface area contributed by atoms with E-state index in [0.717, 1.165) is 36.0 Å². The van der Waals surface area contributed by atoms with Gasteiger partial charge in [-0.1, -0.05) is 6.42 Å². The van der Waals surface area contributed by atoms with Gasteiger partial charge in [-0.15, -0.1) is 0 Å². The molecule has 6 heteroatoms. The lowest BCUT2D eigenvalue weighted by Crippen LogP contribution is -2.51. The molecule has 2 unspecified atom stereocenters. The predicted molar refractivity (Wildman–Crippen MR) is 127 cm³/mol. The largest absolute Gasteiger partial charge is 0.507 e. The van der Waals surface area contributed by atoms with Crippen molar-refractivity contribution in [1.29, 1.82) is 0 Å². The van der Waals surface area contributed by atoms with E-state index in [4.69, 9.17) is 9.15 Å². The molecule has 2 aromatic rings. The number of hydrogen-bond donors (Lipinski definition) is 1. The zero-order chi connectivity index (χ0) is 22.7. The van der Waals surface area contributed by atoms with Gasteiger partial charge in [0.25, 0.3) is 0 Å². The van der Waals surface area contributed by atoms with Gasteiger partial charge in [-0.2, -0.15) is 0 Å². The van der Waals surface area contributed by atoms with Crippen molar-refractivity contribution in [3.05, 3.63) is 39.2 Å². The van der Waals surface area contributed by atoms with Crippen molar-refractivity contribution in [2.24, 2.45) is 5.92 Å². The van der Waals surface area contributed by atoms with Crippen molar-refractivity contribution in [2.75, 3.05) is 39.9 Å². The molecule has 1 aromatic heterocycles. The standard InChI is InChI=1S/C26H38N2O4/c1-18-19(2)26(30)32-25-21(18)10-11-24(29)22(25)17-27(12-7-15-31-3)16-20-8-6-14-28-13-5-4-9-23(20)28/h10-11,20,23,29H,4-9,12-17H2,1-3H3. The summed E-state index contributed by atoms with van der Waals surface area (Å²) in [6.07, 6.45) is 7.41. The molecular weight excluding hydrogens is 404 g/mol. The second kappa shape index (κ2) is 10.4. The van der Waals surface area contributed by atoms with Crippen LogP contribution in [0, 0.1) is 19.8 Å². The molecule has 4 rings (SSSR count). The minimum absolute atomic E-state index is 0.198. The van der Waals surface area contributed by atoms with Crippen LogP contribution in [0.15, 0.2) is 21.3 Å². The smallest absolute Gasteiger partial charge is 0.339 e. The average molecular weight is 443 g/mol. The first-order valence-corrected chi connectivity index (χ1v) is 12.2. The Bertz CT molecular complexity index is 984. The Morgan fingerprint density at radius 1 is 1.16 bits per heavy atom. The van der Waals surface area contributed by atoms with Crippen molar-refractivity contribution in [3.8, 4) is 5.75 Å². The summed E-state index contributed by atoms with van der Waals surface area (Å²) >= 11 is 0. The van der Waals surface area contributed by atoms with E-state index >= 15 is 0 Å². The van der Waals surface area contributed by atoms with Crippen molar-refractivity contribution >= 4 is 11.0 Å². The molecule has 0 spiro atoms. The van der Waals surface area contributed by atoms with Crippen LogP contribution >= 0.6 is 0 Å². The molecule has 2 aliphatic rings. The lowest BCUT2D eigenvalue weighted by atomic mass is 9.83. The Labute approximate surface area is 191 Å². The second-order valence-electron chi connectivity index (χ2n) is 9.66. The number of ether oxygens (including phenoxy) is 1. The summed E-state index contributed by atoms with van der Waals surface area (Å²) in [7, 11) is 1.74. The van der Waals surface area contributed by atoms with Crippen molar-refractivity contribution in [2.45, 2.75) is 65.0 Å². The number of aryl methyl sites for hydroxylation is 1. The second-order valence-corrected chi connectivity index (χ2v) is 9.66. The van der Waals surface area contributed by atoms with Gasteiger partial charge in [0.15, 0.2) is 0 Å². The first kappa shape index (κ1) is 23.3. The van der Waals surface area contributed by atoms with Gasteiger partial charge >= 0.3 is 5.63 Å². The molecule has 3 heterocycles. The van der Waals surface area contributed by atoms with Crippen LogP contribution in [0.3, 0.4) is 0 Å². The normalized spacial score (nSPS) is 21.9. The molecule has 1 aromatic carbocycles. The topological polar surface area (TPSA) is 66.2 Å². The minimum Gasteiger partial charge on any atom is -0.507 e. The van der Waals surface area contributed by atoms with Gasteiger partial charge in [-0.05, 0) is 82.7 Å². The molecule has 2 saturated heterocycles. The van der Waals surface area contributed by atoms with Crippen LogP contribution in [-0.4, -0.2) is 60.8 Å². The number of methoxy groups -OCH3 is 1. The fourth-order valence-electron chi connectivity index (χ4n) is 5.72. The summed E-state index contributed by atoms with van der Waals surface area (Å²) in [6.45, 7) is 9.39. The number of phenolic OH excluding ortho intramolecular Hbond substituents is 1. The number of aromatic hydroxyl groups is 1. The zero-order valence-corrected chi connectivity index (χ0v) is 19.9. The predicted octanol–water partition coefficient (Wildman–Crippen LogP) is 4.22. The molecule has 176 valence electrons. The summed E-state index contributed by atoms with van der Waals surface area (Å²) < 4.78 is 11.0. The summed E-state index contributed by atoms with van der Waals surface area (Å²) in [5.41, 5.74) is 2.48. The van der Waals surface area contributed by atoms with Gasteiger partial charge in [-0.25, -0.2) is 4.79 Å². The van der Waals surface area contributed by atoms with Crippen LogP contribution in [-0.2, 0) is 11.3 Å². The van der Waals surface area contributed by atoms with E-state index in [1.807, 2.05) is 13.0 Å². The van der Waals surface area contributed by atoms with Gasteiger partial charge in [-0.3, -0.25) is 4.90 Å². The maximum atomic E-state index is 12.4. The highest BCUT2D eigenvalue weighted by molar-refractivity contribution is 5.85. The number of nitrogens with zero attached hydrogens (tertiary/aromatic N) is 2. The molecule has 0 amide bonds. The van der Waals surface area contributed by atoms with E-state index in [1.54, 1.807) is 20.1 Å². The van der Waals surface area contributed by atoms with E-state index in [0.29, 0.717) is 36.3 Å². The van der Waals surface area contributed by atoms with Gasteiger partial charge < -0.3 is 19.2 Å². The maximum Gasteiger partial charge on any atom is 0.339 e. The summed E-state index contributed by atoms with van der Waals surface area (Å²) in [5.74, 6) is 0.836. The molecule has 6 nitrogen and oxygen atoms in total. The van der Waals surface area contributed by atoms with Crippen LogP contribution in [0.1, 0.15) is 55.2 Å². The molecular formula is C26H38N2O4. The Hall–Kier alpha value is -1.89. The highest BCUT2D eigenvalue weighted by Crippen LogP contribution is 2.34. The van der Waals surface area contributed by atoms with Crippen molar-refractivity contribution < 1.29 is 14.3 Å². The third-order valence-corrected chi connectivity index (χ3v) is 7.63. The number of hydrogen-bond acceptors (Lipinski definition) is 6. The molecule has 0 radical (unpaired) electrons. The van der Waals surface area contributed by atoms with Crippen LogP contribution in [0.25, 0.3) is 11.0 Å². The highest BCUT2D eigenvalue weighted by Gasteiger charge is 2.34. The molecule has 1 N–H and O–H groups in total. The van der Waals surface area contributed by atoms with Crippen molar-refractivity contribution in [3.63, 3.8) is 0 Å². The van der Waals surface area contributed by atoms with Crippen LogP contribution < -0.4 is 5.63 Å². The number of rotatable bonds is 8. The lowest BCUT2D eigenvalue weighted by molar-refractivity contribution is 0.0372. The van der Waals surface area contributed by atoms with Crippen LogP contribution in [0.4, 0.5) is 0 Å². The van der Waals surface area contributed by atoms with E-state index in [-0.39, 0.29) is 11.4 Å². The van der Waals surface area contributed by atoms with Crippen molar-refractivity contribution in [1.82, 2.24) is 9.80 Å². The van der Waals surface area contributed by atoms with Gasteiger partial charge in [0, 0.05) is 50.3 Å². The Balaban J connectivity index is 1.62. The number of fused-ring (bicyclic) bond motifs is 2. The lowest BCUT2D eigenvalue weighted by Gasteiger charge is -2.45.